The van der Waals surface area contributed by atoms with Crippen LogP contribution in [-0.2, 0) is 26.8 Å². The van der Waals surface area contributed by atoms with Crippen molar-refractivity contribution in [2.75, 3.05) is 20.1 Å². The van der Waals surface area contributed by atoms with E-state index in [1.165, 1.54) is 19.2 Å². The number of carbonyl (C=O) groups is 1. The summed E-state index contributed by atoms with van der Waals surface area (Å²) in [6.45, 7) is 7.97. The van der Waals surface area contributed by atoms with Crippen LogP contribution in [0.25, 0.3) is 11.0 Å². The van der Waals surface area contributed by atoms with Crippen molar-refractivity contribution in [3.8, 4) is 0 Å². The molecule has 194 valence electrons. The van der Waals surface area contributed by atoms with Gasteiger partial charge in [-0.2, -0.15) is 0 Å². The molecule has 2 aromatic rings. The molecule has 1 aromatic carbocycles. The number of hydrogen-bond donors (Lipinski definition) is 1. The SMILES string of the molecule is CN(C(=O)[C@H]1CCCNC1)S(=O)(=O)c1ccc2c(c1)nc(C(C)(C)C)n2CC1CCC(F)(F)CC1. The Kier molecular flexibility index (Phi) is 7.00. The maximum atomic E-state index is 13.7. The number of benzene rings is 1. The van der Waals surface area contributed by atoms with E-state index in [-0.39, 0.29) is 35.0 Å². The maximum absolute atomic E-state index is 13.7. The Labute approximate surface area is 206 Å². The number of fused-ring (bicyclic) bond motifs is 1. The van der Waals surface area contributed by atoms with E-state index in [1.807, 2.05) is 20.8 Å². The van der Waals surface area contributed by atoms with E-state index in [2.05, 4.69) is 9.88 Å². The summed E-state index contributed by atoms with van der Waals surface area (Å²) in [5.41, 5.74) is 0.978. The first kappa shape index (κ1) is 26.0. The van der Waals surface area contributed by atoms with Crippen LogP contribution in [-0.4, -0.2) is 54.2 Å². The van der Waals surface area contributed by atoms with Gasteiger partial charge in [0.05, 0.1) is 21.8 Å². The molecule has 10 heteroatoms. The molecule has 1 amide bonds. The van der Waals surface area contributed by atoms with Crippen molar-refractivity contribution in [3.05, 3.63) is 24.0 Å². The fourth-order valence-electron chi connectivity index (χ4n) is 5.16. The Balaban J connectivity index is 1.65. The summed E-state index contributed by atoms with van der Waals surface area (Å²) in [6.07, 6.45) is 2.19. The molecule has 0 unspecified atom stereocenters. The van der Waals surface area contributed by atoms with E-state index < -0.39 is 21.9 Å². The van der Waals surface area contributed by atoms with E-state index in [4.69, 9.17) is 4.98 Å². The fraction of sp³-hybridized carbons (Fsp3) is 0.680. The minimum Gasteiger partial charge on any atom is -0.327 e. The van der Waals surface area contributed by atoms with Crippen molar-refractivity contribution in [3.63, 3.8) is 0 Å². The number of rotatable bonds is 5. The molecule has 2 fully saturated rings. The maximum Gasteiger partial charge on any atom is 0.266 e. The van der Waals surface area contributed by atoms with Gasteiger partial charge in [-0.05, 0) is 56.3 Å². The van der Waals surface area contributed by atoms with Crippen LogP contribution in [0.3, 0.4) is 0 Å². The number of nitrogens with one attached hydrogen (secondary N) is 1. The van der Waals surface area contributed by atoms with Crippen LogP contribution in [0.1, 0.15) is 65.1 Å². The Hall–Kier alpha value is -2.07. The number of halogens is 2. The van der Waals surface area contributed by atoms with Gasteiger partial charge in [0.15, 0.2) is 0 Å². The minimum absolute atomic E-state index is 0.0204. The minimum atomic E-state index is -4.03. The Bertz CT molecular complexity index is 1190. The van der Waals surface area contributed by atoms with E-state index in [0.717, 1.165) is 28.6 Å². The van der Waals surface area contributed by atoms with Crippen LogP contribution in [0.2, 0.25) is 0 Å². The average molecular weight is 511 g/mol. The summed E-state index contributed by atoms with van der Waals surface area (Å²) in [6, 6.07) is 4.76. The number of aromatic nitrogens is 2. The molecule has 1 atom stereocenters. The Morgan fingerprint density at radius 1 is 1.23 bits per heavy atom. The summed E-state index contributed by atoms with van der Waals surface area (Å²) in [5.74, 6) is -2.45. The molecule has 0 radical (unpaired) electrons. The lowest BCUT2D eigenvalue weighted by atomic mass is 9.86. The second kappa shape index (κ2) is 9.42. The predicted molar refractivity (Wildman–Crippen MR) is 131 cm³/mol. The van der Waals surface area contributed by atoms with Gasteiger partial charge in [-0.15, -0.1) is 0 Å². The van der Waals surface area contributed by atoms with E-state index in [0.29, 0.717) is 37.9 Å². The molecular weight excluding hydrogens is 474 g/mol. The molecule has 1 aromatic heterocycles. The molecule has 7 nitrogen and oxygen atoms in total. The third kappa shape index (κ3) is 5.38. The van der Waals surface area contributed by atoms with Gasteiger partial charge in [0, 0.05) is 38.4 Å². The first-order chi connectivity index (χ1) is 16.3. The van der Waals surface area contributed by atoms with E-state index >= 15 is 0 Å². The van der Waals surface area contributed by atoms with Gasteiger partial charge in [0.1, 0.15) is 5.82 Å². The zero-order valence-electron chi connectivity index (χ0n) is 21.0. The molecule has 0 spiro atoms. The second-order valence-corrected chi connectivity index (χ2v) is 13.1. The van der Waals surface area contributed by atoms with Gasteiger partial charge in [-0.1, -0.05) is 20.8 Å². The first-order valence-electron chi connectivity index (χ1n) is 12.4. The van der Waals surface area contributed by atoms with Crippen molar-refractivity contribution in [1.82, 2.24) is 19.2 Å². The molecule has 1 saturated carbocycles. The highest BCUT2D eigenvalue weighted by Gasteiger charge is 2.36. The summed E-state index contributed by atoms with van der Waals surface area (Å²) < 4.78 is 56.9. The lowest BCUT2D eigenvalue weighted by Gasteiger charge is -2.30. The summed E-state index contributed by atoms with van der Waals surface area (Å²) in [7, 11) is -2.72. The highest BCUT2D eigenvalue weighted by molar-refractivity contribution is 7.89. The molecule has 1 N–H and O–H groups in total. The van der Waals surface area contributed by atoms with E-state index in [9.17, 15) is 22.0 Å². The van der Waals surface area contributed by atoms with Crippen molar-refractivity contribution in [1.29, 1.82) is 0 Å². The Morgan fingerprint density at radius 3 is 2.51 bits per heavy atom. The number of amides is 1. The number of alkyl halides is 2. The van der Waals surface area contributed by atoms with Crippen LogP contribution >= 0.6 is 0 Å². The molecule has 2 heterocycles. The van der Waals surface area contributed by atoms with Gasteiger partial charge in [-0.3, -0.25) is 4.79 Å². The van der Waals surface area contributed by atoms with Crippen molar-refractivity contribution >= 4 is 27.0 Å². The number of imidazole rings is 1. The molecule has 1 saturated heterocycles. The normalized spacial score (nSPS) is 21.8. The van der Waals surface area contributed by atoms with Gasteiger partial charge in [0.25, 0.3) is 10.0 Å². The van der Waals surface area contributed by atoms with Crippen LogP contribution in [0.15, 0.2) is 23.1 Å². The first-order valence-corrected chi connectivity index (χ1v) is 13.9. The van der Waals surface area contributed by atoms with Crippen LogP contribution in [0.5, 0.6) is 0 Å². The molecule has 0 bridgehead atoms. The molecule has 1 aliphatic heterocycles. The molecular formula is C25H36F2N4O3S. The molecule has 2 aliphatic rings. The van der Waals surface area contributed by atoms with Crippen molar-refractivity contribution in [2.45, 2.75) is 82.1 Å². The van der Waals surface area contributed by atoms with Gasteiger partial charge >= 0.3 is 0 Å². The summed E-state index contributed by atoms with van der Waals surface area (Å²) >= 11 is 0. The van der Waals surface area contributed by atoms with Gasteiger partial charge < -0.3 is 9.88 Å². The zero-order chi connectivity index (χ0) is 25.6. The quantitative estimate of drug-likeness (QED) is 0.648. The van der Waals surface area contributed by atoms with Crippen LogP contribution < -0.4 is 5.32 Å². The summed E-state index contributed by atoms with van der Waals surface area (Å²) in [4.78, 5) is 17.7. The number of hydrogen-bond acceptors (Lipinski definition) is 5. The second-order valence-electron chi connectivity index (χ2n) is 11.1. The van der Waals surface area contributed by atoms with Crippen molar-refractivity contribution < 1.29 is 22.0 Å². The smallest absolute Gasteiger partial charge is 0.266 e. The number of sulfonamides is 1. The predicted octanol–water partition coefficient (Wildman–Crippen LogP) is 4.31. The molecule has 4 rings (SSSR count). The summed E-state index contributed by atoms with van der Waals surface area (Å²) in [5, 5.41) is 3.15. The lowest BCUT2D eigenvalue weighted by molar-refractivity contribution is -0.130. The standard InChI is InChI=1S/C25H36F2N4O3S/c1-24(2,3)23-29-20-14-19(35(33,34)30(4)22(32)18-6-5-13-28-15-18)7-8-21(20)31(23)16-17-9-11-25(26,27)12-10-17/h7-8,14,17-18,28H,5-6,9-13,15-16H2,1-4H3/t18-/m0/s1. The Morgan fingerprint density at radius 2 is 1.91 bits per heavy atom. The third-order valence-corrected chi connectivity index (χ3v) is 9.03. The van der Waals surface area contributed by atoms with Crippen LogP contribution in [0.4, 0.5) is 8.78 Å². The molecule has 1 aliphatic carbocycles. The third-order valence-electron chi connectivity index (χ3n) is 7.28. The highest BCUT2D eigenvalue weighted by atomic mass is 32.2. The van der Waals surface area contributed by atoms with Crippen LogP contribution in [0, 0.1) is 11.8 Å². The lowest BCUT2D eigenvalue weighted by Crippen LogP contribution is -2.43. The average Bonchev–Trinajstić information content (AvgIpc) is 3.18. The van der Waals surface area contributed by atoms with Gasteiger partial charge in [-0.25, -0.2) is 26.5 Å². The van der Waals surface area contributed by atoms with Gasteiger partial charge in [0.2, 0.25) is 11.8 Å². The topological polar surface area (TPSA) is 84.3 Å². The number of nitrogens with zero attached hydrogens (tertiary/aromatic N) is 3. The fourth-order valence-corrected chi connectivity index (χ4v) is 6.37. The monoisotopic (exact) mass is 510 g/mol. The number of carbonyl (C=O) groups excluding carboxylic acids is 1. The number of piperidine rings is 1. The highest BCUT2D eigenvalue weighted by Crippen LogP contribution is 2.38. The van der Waals surface area contributed by atoms with Crippen molar-refractivity contribution in [2.24, 2.45) is 11.8 Å². The molecule has 35 heavy (non-hydrogen) atoms. The van der Waals surface area contributed by atoms with E-state index in [1.54, 1.807) is 6.07 Å². The zero-order valence-corrected chi connectivity index (χ0v) is 21.8. The largest absolute Gasteiger partial charge is 0.327 e.